The number of hydrogen-bond donors (Lipinski definition) is 1. The summed E-state index contributed by atoms with van der Waals surface area (Å²) in [5.41, 5.74) is -0.346. The van der Waals surface area contributed by atoms with Gasteiger partial charge in [0.25, 0.3) is 0 Å². The van der Waals surface area contributed by atoms with E-state index in [1.165, 1.54) is 5.75 Å². The molecule has 5 heteroatoms. The van der Waals surface area contributed by atoms with Gasteiger partial charge in [0.1, 0.15) is 5.54 Å². The lowest BCUT2D eigenvalue weighted by atomic mass is 9.92. The molecule has 2 fully saturated rings. The Morgan fingerprint density at radius 3 is 2.82 bits per heavy atom. The summed E-state index contributed by atoms with van der Waals surface area (Å²) < 4.78 is 5.32. The van der Waals surface area contributed by atoms with Crippen molar-refractivity contribution in [3.63, 3.8) is 0 Å². The highest BCUT2D eigenvalue weighted by atomic mass is 32.2. The number of hydrogen-bond acceptors (Lipinski definition) is 5. The normalized spacial score (nSPS) is 31.1. The Balaban J connectivity index is 2.12. The number of carbonyl (C=O) groups is 1. The summed E-state index contributed by atoms with van der Waals surface area (Å²) in [5, 5.41) is 3.34. The van der Waals surface area contributed by atoms with Crippen LogP contribution < -0.4 is 5.32 Å². The molecule has 0 amide bonds. The molecule has 2 heterocycles. The molecule has 1 unspecified atom stereocenters. The second kappa shape index (κ2) is 6.07. The number of nitrogens with zero attached hydrogens (tertiary/aromatic N) is 1. The largest absolute Gasteiger partial charge is 0.465 e. The molecular weight excluding hydrogens is 236 g/mol. The Morgan fingerprint density at radius 1 is 1.47 bits per heavy atom. The van der Waals surface area contributed by atoms with Crippen LogP contribution in [0.3, 0.4) is 0 Å². The predicted octanol–water partition coefficient (Wildman–Crippen LogP) is 0.720. The number of piperazine rings is 1. The van der Waals surface area contributed by atoms with E-state index in [4.69, 9.17) is 4.74 Å². The summed E-state index contributed by atoms with van der Waals surface area (Å²) in [5.74, 6) is 2.06. The molecule has 0 aromatic carbocycles. The van der Waals surface area contributed by atoms with Crippen molar-refractivity contribution >= 4 is 17.7 Å². The molecule has 2 aliphatic heterocycles. The second-order valence-electron chi connectivity index (χ2n) is 4.65. The molecule has 1 N–H and O–H groups in total. The number of carbonyl (C=O) groups excluding carboxylic acids is 1. The zero-order valence-electron chi connectivity index (χ0n) is 10.5. The molecule has 98 valence electrons. The SMILES string of the molecule is CCOC(=O)C1(N2CCNCC2)CCCSC1. The first-order valence-electron chi connectivity index (χ1n) is 6.50. The minimum atomic E-state index is -0.346. The van der Waals surface area contributed by atoms with E-state index < -0.39 is 0 Å². The topological polar surface area (TPSA) is 41.6 Å². The Morgan fingerprint density at radius 2 is 2.24 bits per heavy atom. The van der Waals surface area contributed by atoms with E-state index in [9.17, 15) is 4.79 Å². The molecule has 0 spiro atoms. The maximum Gasteiger partial charge on any atom is 0.327 e. The van der Waals surface area contributed by atoms with Gasteiger partial charge >= 0.3 is 5.97 Å². The summed E-state index contributed by atoms with van der Waals surface area (Å²) in [6.07, 6.45) is 2.08. The standard InChI is InChI=1S/C12H22N2O2S/c1-2-16-11(15)12(4-3-9-17-10-12)14-7-5-13-6-8-14/h13H,2-10H2,1H3. The lowest BCUT2D eigenvalue weighted by molar-refractivity contribution is -0.157. The van der Waals surface area contributed by atoms with E-state index in [-0.39, 0.29) is 11.5 Å². The monoisotopic (exact) mass is 258 g/mol. The summed E-state index contributed by atoms with van der Waals surface area (Å²) >= 11 is 1.89. The number of esters is 1. The number of ether oxygens (including phenoxy) is 1. The maximum absolute atomic E-state index is 12.3. The zero-order valence-corrected chi connectivity index (χ0v) is 11.4. The van der Waals surface area contributed by atoms with Crippen LogP contribution in [0.4, 0.5) is 0 Å². The van der Waals surface area contributed by atoms with Crippen molar-refractivity contribution in [2.24, 2.45) is 0 Å². The molecule has 2 rings (SSSR count). The second-order valence-corrected chi connectivity index (χ2v) is 5.75. The van der Waals surface area contributed by atoms with E-state index in [1.807, 2.05) is 18.7 Å². The van der Waals surface area contributed by atoms with Gasteiger partial charge in [-0.15, -0.1) is 0 Å². The molecule has 2 aliphatic rings. The molecule has 0 aromatic heterocycles. The lowest BCUT2D eigenvalue weighted by Gasteiger charge is -2.45. The van der Waals surface area contributed by atoms with Crippen molar-refractivity contribution in [2.45, 2.75) is 25.3 Å². The van der Waals surface area contributed by atoms with E-state index in [0.717, 1.165) is 44.8 Å². The minimum absolute atomic E-state index is 0.00546. The van der Waals surface area contributed by atoms with E-state index in [0.29, 0.717) is 6.61 Å². The third-order valence-corrected chi connectivity index (χ3v) is 4.86. The molecule has 0 bridgehead atoms. The fraction of sp³-hybridized carbons (Fsp3) is 0.917. The summed E-state index contributed by atoms with van der Waals surface area (Å²) in [4.78, 5) is 14.7. The molecule has 0 radical (unpaired) electrons. The number of rotatable bonds is 3. The summed E-state index contributed by atoms with van der Waals surface area (Å²) in [7, 11) is 0. The van der Waals surface area contributed by atoms with Crippen LogP contribution in [0, 0.1) is 0 Å². The van der Waals surface area contributed by atoms with Crippen molar-refractivity contribution in [3.8, 4) is 0 Å². The van der Waals surface area contributed by atoms with Crippen molar-refractivity contribution < 1.29 is 9.53 Å². The number of thioether (sulfide) groups is 1. The molecule has 2 saturated heterocycles. The molecule has 0 aliphatic carbocycles. The van der Waals surface area contributed by atoms with Gasteiger partial charge in [-0.1, -0.05) is 0 Å². The molecule has 1 atom stereocenters. The maximum atomic E-state index is 12.3. The molecule has 17 heavy (non-hydrogen) atoms. The molecular formula is C12H22N2O2S. The lowest BCUT2D eigenvalue weighted by Crippen LogP contribution is -2.63. The van der Waals surface area contributed by atoms with Gasteiger partial charge in [0.15, 0.2) is 0 Å². The van der Waals surface area contributed by atoms with Crippen LogP contribution in [0.1, 0.15) is 19.8 Å². The van der Waals surface area contributed by atoms with E-state index in [1.54, 1.807) is 0 Å². The average Bonchev–Trinajstić information content (AvgIpc) is 2.41. The van der Waals surface area contributed by atoms with Crippen LogP contribution in [-0.4, -0.2) is 60.7 Å². The Kier molecular flexibility index (Phi) is 4.70. The van der Waals surface area contributed by atoms with Crippen molar-refractivity contribution in [1.29, 1.82) is 0 Å². The quantitative estimate of drug-likeness (QED) is 0.756. The third kappa shape index (κ3) is 2.77. The minimum Gasteiger partial charge on any atom is -0.465 e. The van der Waals surface area contributed by atoms with Gasteiger partial charge < -0.3 is 10.1 Å². The van der Waals surface area contributed by atoms with Gasteiger partial charge in [-0.05, 0) is 25.5 Å². The van der Waals surface area contributed by atoms with E-state index >= 15 is 0 Å². The van der Waals surface area contributed by atoms with Crippen molar-refractivity contribution in [3.05, 3.63) is 0 Å². The van der Waals surface area contributed by atoms with Crippen LogP contribution in [0.2, 0.25) is 0 Å². The Labute approximate surface area is 107 Å². The highest BCUT2D eigenvalue weighted by molar-refractivity contribution is 7.99. The highest BCUT2D eigenvalue weighted by Crippen LogP contribution is 2.33. The first-order valence-corrected chi connectivity index (χ1v) is 7.66. The van der Waals surface area contributed by atoms with Gasteiger partial charge in [-0.25, -0.2) is 0 Å². The van der Waals surface area contributed by atoms with Gasteiger partial charge in [-0.2, -0.15) is 11.8 Å². The zero-order chi connectivity index (χ0) is 12.1. The van der Waals surface area contributed by atoms with Crippen LogP contribution >= 0.6 is 11.8 Å². The molecule has 0 aromatic rings. The van der Waals surface area contributed by atoms with Gasteiger partial charge in [0, 0.05) is 31.9 Å². The Bertz CT molecular complexity index is 261. The molecule has 4 nitrogen and oxygen atoms in total. The van der Waals surface area contributed by atoms with Crippen LogP contribution in [-0.2, 0) is 9.53 Å². The first kappa shape index (κ1) is 13.2. The van der Waals surface area contributed by atoms with Gasteiger partial charge in [0.2, 0.25) is 0 Å². The Hall–Kier alpha value is -0.260. The van der Waals surface area contributed by atoms with Crippen molar-refractivity contribution in [2.75, 3.05) is 44.3 Å². The smallest absolute Gasteiger partial charge is 0.327 e. The summed E-state index contributed by atoms with van der Waals surface area (Å²) in [6.45, 7) is 6.24. The number of nitrogens with one attached hydrogen (secondary N) is 1. The van der Waals surface area contributed by atoms with Gasteiger partial charge in [0.05, 0.1) is 6.61 Å². The average molecular weight is 258 g/mol. The fourth-order valence-electron chi connectivity index (χ4n) is 2.68. The first-order chi connectivity index (χ1) is 8.29. The fourth-order valence-corrected chi connectivity index (χ4v) is 3.95. The third-order valence-electron chi connectivity index (χ3n) is 3.60. The van der Waals surface area contributed by atoms with Crippen LogP contribution in [0.5, 0.6) is 0 Å². The van der Waals surface area contributed by atoms with Crippen molar-refractivity contribution in [1.82, 2.24) is 10.2 Å². The van der Waals surface area contributed by atoms with Crippen LogP contribution in [0.25, 0.3) is 0 Å². The summed E-state index contributed by atoms with van der Waals surface area (Å²) in [6, 6.07) is 0. The highest BCUT2D eigenvalue weighted by Gasteiger charge is 2.46. The van der Waals surface area contributed by atoms with Gasteiger partial charge in [-0.3, -0.25) is 9.69 Å². The molecule has 0 saturated carbocycles. The van der Waals surface area contributed by atoms with Crippen LogP contribution in [0.15, 0.2) is 0 Å². The predicted molar refractivity (Wildman–Crippen MR) is 70.4 cm³/mol. The van der Waals surface area contributed by atoms with E-state index in [2.05, 4.69) is 10.2 Å².